The van der Waals surface area contributed by atoms with Gasteiger partial charge in [0.05, 0.1) is 6.61 Å². The van der Waals surface area contributed by atoms with Gasteiger partial charge in [0.1, 0.15) is 12.2 Å². The lowest BCUT2D eigenvalue weighted by Crippen LogP contribution is -2.41. The molecule has 5 nitrogen and oxygen atoms in total. The van der Waals surface area contributed by atoms with E-state index in [0.29, 0.717) is 18.9 Å². The smallest absolute Gasteiger partial charge is 0.138 e. The lowest BCUT2D eigenvalue weighted by Gasteiger charge is -2.34. The van der Waals surface area contributed by atoms with Gasteiger partial charge in [-0.25, -0.2) is 4.98 Å². The van der Waals surface area contributed by atoms with Gasteiger partial charge in [-0.15, -0.1) is 0 Å². The van der Waals surface area contributed by atoms with Crippen molar-refractivity contribution in [3.8, 4) is 0 Å². The Bertz CT molecular complexity index is 304. The highest BCUT2D eigenvalue weighted by molar-refractivity contribution is 4.95. The molecule has 0 radical (unpaired) electrons. The zero-order chi connectivity index (χ0) is 11.5. The maximum atomic E-state index is 9.50. The highest BCUT2D eigenvalue weighted by atomic mass is 16.3. The van der Waals surface area contributed by atoms with Gasteiger partial charge in [-0.1, -0.05) is 13.8 Å². The van der Waals surface area contributed by atoms with Crippen molar-refractivity contribution in [3.05, 3.63) is 12.2 Å². The molecule has 1 unspecified atom stereocenters. The van der Waals surface area contributed by atoms with Crippen molar-refractivity contribution in [2.75, 3.05) is 13.2 Å². The lowest BCUT2D eigenvalue weighted by molar-refractivity contribution is 0.0813. The Hall–Kier alpha value is -0.940. The molecule has 86 valence electrons. The van der Waals surface area contributed by atoms with Crippen molar-refractivity contribution < 1.29 is 5.11 Å². The van der Waals surface area contributed by atoms with Crippen LogP contribution in [-0.4, -0.2) is 33.0 Å². The summed E-state index contributed by atoms with van der Waals surface area (Å²) in [6.07, 6.45) is 2.18. The molecule has 5 heteroatoms. The first-order chi connectivity index (χ1) is 7.05. The second-order valence-corrected chi connectivity index (χ2v) is 4.36. The van der Waals surface area contributed by atoms with E-state index < -0.39 is 0 Å². The van der Waals surface area contributed by atoms with Gasteiger partial charge in [-0.05, 0) is 5.92 Å². The number of nitrogens with zero attached hydrogens (tertiary/aromatic N) is 3. The molecule has 0 amide bonds. The van der Waals surface area contributed by atoms with E-state index in [1.165, 1.54) is 6.33 Å². The Morgan fingerprint density at radius 1 is 1.60 bits per heavy atom. The van der Waals surface area contributed by atoms with Gasteiger partial charge in [0.2, 0.25) is 0 Å². The monoisotopic (exact) mass is 212 g/mol. The third-order valence-corrected chi connectivity index (χ3v) is 3.26. The summed E-state index contributed by atoms with van der Waals surface area (Å²) >= 11 is 0. The van der Waals surface area contributed by atoms with E-state index in [1.807, 2.05) is 7.05 Å². The van der Waals surface area contributed by atoms with E-state index in [0.717, 1.165) is 5.82 Å². The van der Waals surface area contributed by atoms with Gasteiger partial charge in [0.15, 0.2) is 0 Å². The van der Waals surface area contributed by atoms with Crippen LogP contribution < -0.4 is 5.73 Å². The molecule has 0 aromatic carbocycles. The Kier molecular flexibility index (Phi) is 3.82. The van der Waals surface area contributed by atoms with Gasteiger partial charge in [-0.3, -0.25) is 4.68 Å². The van der Waals surface area contributed by atoms with Crippen LogP contribution in [-0.2, 0) is 13.5 Å². The molecule has 1 atom stereocenters. The molecule has 1 aromatic heterocycles. The number of aliphatic hydroxyl groups excluding tert-OH is 1. The van der Waals surface area contributed by atoms with Gasteiger partial charge in [0, 0.05) is 25.4 Å². The van der Waals surface area contributed by atoms with E-state index in [-0.39, 0.29) is 12.0 Å². The summed E-state index contributed by atoms with van der Waals surface area (Å²) in [7, 11) is 1.85. The third-order valence-electron chi connectivity index (χ3n) is 3.26. The van der Waals surface area contributed by atoms with Crippen LogP contribution in [0.15, 0.2) is 6.33 Å². The van der Waals surface area contributed by atoms with E-state index in [1.54, 1.807) is 4.68 Å². The first-order valence-electron chi connectivity index (χ1n) is 5.19. The van der Waals surface area contributed by atoms with Crippen LogP contribution in [0.2, 0.25) is 0 Å². The maximum Gasteiger partial charge on any atom is 0.138 e. The summed E-state index contributed by atoms with van der Waals surface area (Å²) in [5.41, 5.74) is 5.48. The Morgan fingerprint density at radius 3 is 2.60 bits per heavy atom. The Labute approximate surface area is 90.3 Å². The van der Waals surface area contributed by atoms with Crippen molar-refractivity contribution in [1.82, 2.24) is 14.8 Å². The van der Waals surface area contributed by atoms with Crippen LogP contribution in [0.3, 0.4) is 0 Å². The van der Waals surface area contributed by atoms with Gasteiger partial charge < -0.3 is 10.8 Å². The summed E-state index contributed by atoms with van der Waals surface area (Å²) < 4.78 is 1.72. The summed E-state index contributed by atoms with van der Waals surface area (Å²) in [4.78, 5) is 4.16. The molecule has 0 fully saturated rings. The van der Waals surface area contributed by atoms with Gasteiger partial charge >= 0.3 is 0 Å². The van der Waals surface area contributed by atoms with E-state index in [4.69, 9.17) is 5.73 Å². The summed E-state index contributed by atoms with van der Waals surface area (Å²) in [6.45, 7) is 4.67. The van der Waals surface area contributed by atoms with Crippen LogP contribution in [0.25, 0.3) is 0 Å². The minimum absolute atomic E-state index is 0.0774. The third kappa shape index (κ3) is 2.35. The zero-order valence-corrected chi connectivity index (χ0v) is 9.64. The van der Waals surface area contributed by atoms with E-state index in [2.05, 4.69) is 23.9 Å². The van der Waals surface area contributed by atoms with E-state index in [9.17, 15) is 5.11 Å². The minimum atomic E-state index is -0.291. The molecular weight excluding hydrogens is 192 g/mol. The fourth-order valence-electron chi connectivity index (χ4n) is 1.61. The van der Waals surface area contributed by atoms with Gasteiger partial charge in [-0.2, -0.15) is 5.10 Å². The summed E-state index contributed by atoms with van der Waals surface area (Å²) in [6, 6.07) is 0. The van der Waals surface area contributed by atoms with Crippen molar-refractivity contribution in [1.29, 1.82) is 0 Å². The fraction of sp³-hybridized carbons (Fsp3) is 0.800. The van der Waals surface area contributed by atoms with Crippen LogP contribution in [0.5, 0.6) is 0 Å². The zero-order valence-electron chi connectivity index (χ0n) is 9.64. The lowest BCUT2D eigenvalue weighted by atomic mass is 9.75. The predicted octanol–water partition coefficient (Wildman–Crippen LogP) is -0.0490. The summed E-state index contributed by atoms with van der Waals surface area (Å²) in [5, 5.41) is 13.5. The molecule has 1 rings (SSSR count). The number of rotatable bonds is 5. The molecule has 0 spiro atoms. The van der Waals surface area contributed by atoms with Crippen molar-refractivity contribution >= 4 is 0 Å². The molecule has 0 aliphatic carbocycles. The molecule has 0 bridgehead atoms. The molecule has 0 aliphatic rings. The number of aryl methyl sites for hydroxylation is 1. The second-order valence-electron chi connectivity index (χ2n) is 4.36. The fourth-order valence-corrected chi connectivity index (χ4v) is 1.61. The Balaban J connectivity index is 2.88. The minimum Gasteiger partial charge on any atom is -0.396 e. The number of aliphatic hydroxyl groups is 1. The molecule has 15 heavy (non-hydrogen) atoms. The highest BCUT2D eigenvalue weighted by Gasteiger charge is 2.33. The number of aromatic nitrogens is 3. The average Bonchev–Trinajstić information content (AvgIpc) is 2.60. The van der Waals surface area contributed by atoms with Crippen LogP contribution in [0.1, 0.15) is 19.7 Å². The number of hydrogen-bond donors (Lipinski definition) is 2. The van der Waals surface area contributed by atoms with Crippen LogP contribution >= 0.6 is 0 Å². The Morgan fingerprint density at radius 2 is 2.27 bits per heavy atom. The molecule has 1 heterocycles. The quantitative estimate of drug-likeness (QED) is 0.717. The van der Waals surface area contributed by atoms with Crippen LogP contribution in [0.4, 0.5) is 0 Å². The summed E-state index contributed by atoms with van der Waals surface area (Å²) in [5.74, 6) is 1.17. The largest absolute Gasteiger partial charge is 0.396 e. The molecule has 1 aromatic rings. The van der Waals surface area contributed by atoms with Crippen molar-refractivity contribution in [2.24, 2.45) is 24.1 Å². The maximum absolute atomic E-state index is 9.50. The van der Waals surface area contributed by atoms with Crippen molar-refractivity contribution in [3.63, 3.8) is 0 Å². The van der Waals surface area contributed by atoms with Gasteiger partial charge in [0.25, 0.3) is 0 Å². The van der Waals surface area contributed by atoms with Crippen molar-refractivity contribution in [2.45, 2.75) is 20.3 Å². The van der Waals surface area contributed by atoms with Crippen LogP contribution in [0, 0.1) is 11.3 Å². The number of nitrogens with two attached hydrogens (primary N) is 1. The molecule has 0 saturated heterocycles. The standard InChI is InChI=1S/C10H20N4O/c1-8(2)10(5-11,6-15)4-9-12-7-13-14(9)3/h7-8,15H,4-6,11H2,1-3H3. The molecule has 0 aliphatic heterocycles. The predicted molar refractivity (Wildman–Crippen MR) is 58.1 cm³/mol. The highest BCUT2D eigenvalue weighted by Crippen LogP contribution is 2.29. The molecular formula is C10H20N4O. The molecule has 3 N–H and O–H groups in total. The second kappa shape index (κ2) is 4.72. The average molecular weight is 212 g/mol. The van der Waals surface area contributed by atoms with E-state index >= 15 is 0 Å². The topological polar surface area (TPSA) is 77.0 Å². The first-order valence-corrected chi connectivity index (χ1v) is 5.19. The SMILES string of the molecule is CC(C)C(CN)(CO)Cc1ncnn1C. The molecule has 0 saturated carbocycles. The first kappa shape index (κ1) is 12.1. The normalized spacial score (nSPS) is 15.6. The number of hydrogen-bond acceptors (Lipinski definition) is 4.